The van der Waals surface area contributed by atoms with Crippen LogP contribution in [-0.4, -0.2) is 11.1 Å². The first-order chi connectivity index (χ1) is 9.15. The number of hydrogen-bond acceptors (Lipinski definition) is 4. The highest BCUT2D eigenvalue weighted by Gasteiger charge is 2.06. The molecule has 2 aromatic rings. The number of benzene rings is 1. The molecule has 0 fully saturated rings. The fourth-order valence-corrected chi connectivity index (χ4v) is 1.78. The molecule has 0 saturated carbocycles. The molecule has 0 aliphatic carbocycles. The SMILES string of the molecule is Cc1cc(CNC(=O)CCc2ccccc2N)on1.Cl. The number of nitrogens with zero attached hydrogens (tertiary/aromatic N) is 1. The van der Waals surface area contributed by atoms with Gasteiger partial charge in [-0.1, -0.05) is 23.4 Å². The molecule has 0 spiro atoms. The molecular weight excluding hydrogens is 278 g/mol. The fraction of sp³-hybridized carbons (Fsp3) is 0.286. The van der Waals surface area contributed by atoms with Gasteiger partial charge in [0.05, 0.1) is 12.2 Å². The second-order valence-corrected chi connectivity index (χ2v) is 4.41. The summed E-state index contributed by atoms with van der Waals surface area (Å²) in [7, 11) is 0. The van der Waals surface area contributed by atoms with Crippen LogP contribution in [0.5, 0.6) is 0 Å². The fourth-order valence-electron chi connectivity index (χ4n) is 1.78. The molecule has 20 heavy (non-hydrogen) atoms. The third kappa shape index (κ3) is 4.59. The average Bonchev–Trinajstić information content (AvgIpc) is 2.81. The van der Waals surface area contributed by atoms with E-state index in [1.54, 1.807) is 6.07 Å². The van der Waals surface area contributed by atoms with Gasteiger partial charge in [-0.25, -0.2) is 0 Å². The number of halogens is 1. The smallest absolute Gasteiger partial charge is 0.220 e. The van der Waals surface area contributed by atoms with Gasteiger partial charge in [0.2, 0.25) is 5.91 Å². The predicted octanol–water partition coefficient (Wildman–Crippen LogP) is 2.24. The molecule has 3 N–H and O–H groups in total. The number of rotatable bonds is 5. The van der Waals surface area contributed by atoms with Gasteiger partial charge in [0.1, 0.15) is 0 Å². The van der Waals surface area contributed by atoms with Crippen molar-refractivity contribution in [2.75, 3.05) is 5.73 Å². The third-order valence-corrected chi connectivity index (χ3v) is 2.81. The third-order valence-electron chi connectivity index (χ3n) is 2.81. The number of hydrogen-bond donors (Lipinski definition) is 2. The Kier molecular flexibility index (Phi) is 6.06. The Labute approximate surface area is 123 Å². The molecule has 0 bridgehead atoms. The number of anilines is 1. The summed E-state index contributed by atoms with van der Waals surface area (Å²) in [5.74, 6) is 0.627. The number of aromatic nitrogens is 1. The summed E-state index contributed by atoms with van der Waals surface area (Å²) in [6, 6.07) is 9.37. The minimum Gasteiger partial charge on any atom is -0.399 e. The minimum absolute atomic E-state index is 0. The van der Waals surface area contributed by atoms with E-state index in [9.17, 15) is 4.79 Å². The van der Waals surface area contributed by atoms with Crippen LogP contribution in [0.2, 0.25) is 0 Å². The van der Waals surface area contributed by atoms with Gasteiger partial charge in [-0.3, -0.25) is 4.79 Å². The highest BCUT2D eigenvalue weighted by molar-refractivity contribution is 5.85. The second kappa shape index (κ2) is 7.55. The predicted molar refractivity (Wildman–Crippen MR) is 79.5 cm³/mol. The van der Waals surface area contributed by atoms with E-state index >= 15 is 0 Å². The van der Waals surface area contributed by atoms with Crippen LogP contribution in [-0.2, 0) is 17.8 Å². The van der Waals surface area contributed by atoms with E-state index in [-0.39, 0.29) is 18.3 Å². The molecule has 0 aliphatic rings. The van der Waals surface area contributed by atoms with Crippen LogP contribution in [0.4, 0.5) is 5.69 Å². The average molecular weight is 296 g/mol. The number of aryl methyl sites for hydroxylation is 2. The summed E-state index contributed by atoms with van der Waals surface area (Å²) in [6.45, 7) is 2.21. The van der Waals surface area contributed by atoms with Crippen molar-refractivity contribution in [1.82, 2.24) is 10.5 Å². The van der Waals surface area contributed by atoms with Crippen molar-refractivity contribution in [3.8, 4) is 0 Å². The van der Waals surface area contributed by atoms with Crippen molar-refractivity contribution in [2.45, 2.75) is 26.3 Å². The zero-order valence-electron chi connectivity index (χ0n) is 11.3. The van der Waals surface area contributed by atoms with Crippen molar-refractivity contribution >= 4 is 24.0 Å². The number of para-hydroxylation sites is 1. The first-order valence-electron chi connectivity index (χ1n) is 6.17. The lowest BCUT2D eigenvalue weighted by molar-refractivity contribution is -0.121. The second-order valence-electron chi connectivity index (χ2n) is 4.41. The first-order valence-corrected chi connectivity index (χ1v) is 6.17. The van der Waals surface area contributed by atoms with Crippen molar-refractivity contribution in [1.29, 1.82) is 0 Å². The zero-order valence-corrected chi connectivity index (χ0v) is 12.1. The summed E-state index contributed by atoms with van der Waals surface area (Å²) in [6.07, 6.45) is 1.04. The maximum Gasteiger partial charge on any atom is 0.220 e. The van der Waals surface area contributed by atoms with Crippen LogP contribution in [0.3, 0.4) is 0 Å². The summed E-state index contributed by atoms with van der Waals surface area (Å²) < 4.78 is 5.01. The van der Waals surface area contributed by atoms with E-state index in [0.717, 1.165) is 16.9 Å². The summed E-state index contributed by atoms with van der Waals surface area (Å²) >= 11 is 0. The van der Waals surface area contributed by atoms with Crippen molar-refractivity contribution in [3.05, 3.63) is 47.3 Å². The number of carbonyl (C=O) groups is 1. The van der Waals surface area contributed by atoms with Gasteiger partial charge >= 0.3 is 0 Å². The maximum absolute atomic E-state index is 11.7. The molecule has 108 valence electrons. The van der Waals surface area contributed by atoms with Crippen LogP contribution >= 0.6 is 12.4 Å². The molecule has 2 rings (SSSR count). The molecule has 0 unspecified atom stereocenters. The van der Waals surface area contributed by atoms with Crippen LogP contribution in [0.1, 0.15) is 23.4 Å². The minimum atomic E-state index is -0.0303. The number of nitrogens with two attached hydrogens (primary N) is 1. The van der Waals surface area contributed by atoms with Crippen LogP contribution < -0.4 is 11.1 Å². The first kappa shape index (κ1) is 16.0. The lowest BCUT2D eigenvalue weighted by Crippen LogP contribution is -2.22. The van der Waals surface area contributed by atoms with Gasteiger partial charge < -0.3 is 15.6 Å². The molecule has 1 amide bonds. The van der Waals surface area contributed by atoms with Gasteiger partial charge in [0.25, 0.3) is 0 Å². The Morgan fingerprint density at radius 2 is 2.15 bits per heavy atom. The summed E-state index contributed by atoms with van der Waals surface area (Å²) in [4.78, 5) is 11.7. The van der Waals surface area contributed by atoms with Crippen LogP contribution in [0, 0.1) is 6.92 Å². The Bertz CT molecular complexity index is 569. The van der Waals surface area contributed by atoms with Crippen molar-refractivity contribution < 1.29 is 9.32 Å². The monoisotopic (exact) mass is 295 g/mol. The molecule has 1 aromatic carbocycles. The largest absolute Gasteiger partial charge is 0.399 e. The van der Waals surface area contributed by atoms with Crippen molar-refractivity contribution in [3.63, 3.8) is 0 Å². The molecular formula is C14H18ClN3O2. The van der Waals surface area contributed by atoms with Gasteiger partial charge in [0.15, 0.2) is 5.76 Å². The molecule has 6 heteroatoms. The van der Waals surface area contributed by atoms with Crippen LogP contribution in [0.25, 0.3) is 0 Å². The van der Waals surface area contributed by atoms with E-state index in [2.05, 4.69) is 10.5 Å². The van der Waals surface area contributed by atoms with Gasteiger partial charge in [0, 0.05) is 18.2 Å². The van der Waals surface area contributed by atoms with E-state index in [1.807, 2.05) is 31.2 Å². The Hall–Kier alpha value is -2.01. The molecule has 0 saturated heterocycles. The van der Waals surface area contributed by atoms with E-state index in [4.69, 9.17) is 10.3 Å². The Morgan fingerprint density at radius 3 is 2.80 bits per heavy atom. The number of nitrogen functional groups attached to an aromatic ring is 1. The topological polar surface area (TPSA) is 81.2 Å². The van der Waals surface area contributed by atoms with E-state index < -0.39 is 0 Å². The molecule has 0 aliphatic heterocycles. The lowest BCUT2D eigenvalue weighted by Gasteiger charge is -2.05. The summed E-state index contributed by atoms with van der Waals surface area (Å²) in [5.41, 5.74) is 8.34. The number of nitrogens with one attached hydrogen (secondary N) is 1. The Balaban J connectivity index is 0.00000200. The molecule has 0 atom stereocenters. The van der Waals surface area contributed by atoms with Crippen LogP contribution in [0.15, 0.2) is 34.9 Å². The van der Waals surface area contributed by atoms with Gasteiger partial charge in [-0.2, -0.15) is 0 Å². The normalized spacial score (nSPS) is 9.85. The lowest BCUT2D eigenvalue weighted by atomic mass is 10.1. The molecule has 1 aromatic heterocycles. The van der Waals surface area contributed by atoms with E-state index in [0.29, 0.717) is 25.1 Å². The molecule has 1 heterocycles. The van der Waals surface area contributed by atoms with Gasteiger partial charge in [-0.15, -0.1) is 12.4 Å². The standard InChI is InChI=1S/C14H17N3O2.ClH/c1-10-8-12(19-17-10)9-16-14(18)7-6-11-4-2-3-5-13(11)15;/h2-5,8H,6-7,9,15H2,1H3,(H,16,18);1H. The Morgan fingerprint density at radius 1 is 1.40 bits per heavy atom. The molecule has 5 nitrogen and oxygen atoms in total. The number of amides is 1. The summed E-state index contributed by atoms with van der Waals surface area (Å²) in [5, 5.41) is 6.55. The number of carbonyl (C=O) groups excluding carboxylic acids is 1. The maximum atomic E-state index is 11.7. The van der Waals surface area contributed by atoms with E-state index in [1.165, 1.54) is 0 Å². The molecule has 0 radical (unpaired) electrons. The highest BCUT2D eigenvalue weighted by Crippen LogP contribution is 2.12. The van der Waals surface area contributed by atoms with Crippen molar-refractivity contribution in [2.24, 2.45) is 0 Å². The quantitative estimate of drug-likeness (QED) is 0.829. The highest BCUT2D eigenvalue weighted by atomic mass is 35.5. The zero-order chi connectivity index (χ0) is 13.7. The van der Waals surface area contributed by atoms with Gasteiger partial charge in [-0.05, 0) is 25.0 Å².